The lowest BCUT2D eigenvalue weighted by molar-refractivity contribution is 0.0925. The molecule has 10 heteroatoms. The first kappa shape index (κ1) is 23.9. The topological polar surface area (TPSA) is 96.2 Å². The molecule has 34 heavy (non-hydrogen) atoms. The minimum absolute atomic E-state index is 0.00624. The Morgan fingerprint density at radius 1 is 1.15 bits per heavy atom. The summed E-state index contributed by atoms with van der Waals surface area (Å²) >= 11 is 6.19. The van der Waals surface area contributed by atoms with Crippen LogP contribution in [0, 0.1) is 19.7 Å². The first-order valence-electron chi connectivity index (χ1n) is 11.2. The predicted molar refractivity (Wildman–Crippen MR) is 130 cm³/mol. The minimum Gasteiger partial charge on any atom is -0.367 e. The number of anilines is 2. The minimum atomic E-state index is -0.557. The zero-order chi connectivity index (χ0) is 24.4. The van der Waals surface area contributed by atoms with Crippen molar-refractivity contribution in [1.29, 1.82) is 0 Å². The number of hydrogen-bond donors (Lipinski definition) is 2. The van der Waals surface area contributed by atoms with Crippen molar-refractivity contribution in [3.63, 3.8) is 0 Å². The van der Waals surface area contributed by atoms with Crippen LogP contribution in [0.15, 0.2) is 28.8 Å². The van der Waals surface area contributed by atoms with Crippen molar-refractivity contribution in [3.8, 4) is 11.3 Å². The monoisotopic (exact) mass is 486 g/mol. The van der Waals surface area contributed by atoms with Crippen molar-refractivity contribution in [2.24, 2.45) is 0 Å². The van der Waals surface area contributed by atoms with E-state index < -0.39 is 5.82 Å². The lowest BCUT2D eigenvalue weighted by Crippen LogP contribution is -2.40. The molecule has 1 aliphatic rings. The summed E-state index contributed by atoms with van der Waals surface area (Å²) in [4.78, 5) is 24.0. The van der Waals surface area contributed by atoms with Gasteiger partial charge in [0.1, 0.15) is 40.3 Å². The van der Waals surface area contributed by atoms with Crippen LogP contribution in [0.3, 0.4) is 0 Å². The van der Waals surface area contributed by atoms with Crippen LogP contribution >= 0.6 is 11.6 Å². The number of nitrogens with one attached hydrogen (secondary N) is 2. The SMILES string of the molecule is Cc1nc(N[C@H]2CC[C@@H](NC(=O)c3c(-c4c(F)cccc4Cl)noc3C)CC2)cc(N(C)C)n1. The van der Waals surface area contributed by atoms with Crippen LogP contribution in [-0.2, 0) is 0 Å². The van der Waals surface area contributed by atoms with E-state index >= 15 is 0 Å². The maximum atomic E-state index is 14.4. The molecule has 1 saturated carbocycles. The van der Waals surface area contributed by atoms with Crippen molar-refractivity contribution in [3.05, 3.63) is 52.3 Å². The standard InChI is InChI=1S/C24H28ClFN6O2/c1-13-21(23(31-34-13)22-17(25)6-5-7-18(22)26)24(33)30-16-10-8-15(9-11-16)29-19-12-20(32(3)4)28-14(2)27-19/h5-7,12,15-16H,8-11H2,1-4H3,(H,30,33)(H,27,28,29)/t15-,16+. The van der Waals surface area contributed by atoms with Crippen LogP contribution in [0.5, 0.6) is 0 Å². The molecule has 180 valence electrons. The molecule has 1 amide bonds. The summed E-state index contributed by atoms with van der Waals surface area (Å²) in [6.07, 6.45) is 3.35. The molecule has 2 aromatic heterocycles. The molecule has 0 radical (unpaired) electrons. The maximum Gasteiger partial charge on any atom is 0.257 e. The third kappa shape index (κ3) is 5.14. The number of halogens is 2. The average molecular weight is 487 g/mol. The molecule has 0 atom stereocenters. The zero-order valence-corrected chi connectivity index (χ0v) is 20.4. The van der Waals surface area contributed by atoms with Gasteiger partial charge in [-0.15, -0.1) is 0 Å². The summed E-state index contributed by atoms with van der Waals surface area (Å²) in [7, 11) is 3.89. The molecule has 2 heterocycles. The number of benzene rings is 1. The van der Waals surface area contributed by atoms with E-state index in [-0.39, 0.29) is 39.8 Å². The number of aromatic nitrogens is 3. The molecule has 8 nitrogen and oxygen atoms in total. The Balaban J connectivity index is 1.40. The maximum absolute atomic E-state index is 14.4. The molecule has 1 aromatic carbocycles. The number of carbonyl (C=O) groups is 1. The first-order chi connectivity index (χ1) is 16.2. The summed E-state index contributed by atoms with van der Waals surface area (Å²) in [6.45, 7) is 3.51. The Kier molecular flexibility index (Phi) is 7.02. The Labute approximate surface area is 202 Å². The van der Waals surface area contributed by atoms with E-state index in [1.54, 1.807) is 13.0 Å². The highest BCUT2D eigenvalue weighted by atomic mass is 35.5. The molecule has 3 aromatic rings. The third-order valence-electron chi connectivity index (χ3n) is 5.99. The molecule has 2 N–H and O–H groups in total. The van der Waals surface area contributed by atoms with Crippen molar-refractivity contribution >= 4 is 29.1 Å². The van der Waals surface area contributed by atoms with Crippen LogP contribution in [0.1, 0.15) is 47.6 Å². The molecular formula is C24H28ClFN6O2. The van der Waals surface area contributed by atoms with Gasteiger partial charge in [-0.25, -0.2) is 14.4 Å². The molecule has 0 bridgehead atoms. The van der Waals surface area contributed by atoms with Crippen LogP contribution < -0.4 is 15.5 Å². The Bertz CT molecular complexity index is 1170. The van der Waals surface area contributed by atoms with E-state index in [0.717, 1.165) is 37.3 Å². The van der Waals surface area contributed by atoms with Crippen molar-refractivity contribution < 1.29 is 13.7 Å². The highest BCUT2D eigenvalue weighted by molar-refractivity contribution is 6.33. The molecule has 0 spiro atoms. The fraction of sp³-hybridized carbons (Fsp3) is 0.417. The van der Waals surface area contributed by atoms with Gasteiger partial charge in [0.05, 0.1) is 10.6 Å². The smallest absolute Gasteiger partial charge is 0.257 e. The zero-order valence-electron chi connectivity index (χ0n) is 19.7. The van der Waals surface area contributed by atoms with Gasteiger partial charge in [-0.1, -0.05) is 22.8 Å². The Morgan fingerprint density at radius 3 is 2.53 bits per heavy atom. The van der Waals surface area contributed by atoms with Gasteiger partial charge in [0.25, 0.3) is 5.91 Å². The largest absolute Gasteiger partial charge is 0.367 e. The van der Waals surface area contributed by atoms with Gasteiger partial charge in [-0.2, -0.15) is 0 Å². The predicted octanol–water partition coefficient (Wildman–Crippen LogP) is 4.76. The van der Waals surface area contributed by atoms with E-state index in [2.05, 4.69) is 25.8 Å². The number of amides is 1. The van der Waals surface area contributed by atoms with Gasteiger partial charge in [-0.05, 0) is 51.7 Å². The third-order valence-corrected chi connectivity index (χ3v) is 6.30. The molecule has 0 saturated heterocycles. The summed E-state index contributed by atoms with van der Waals surface area (Å²) in [5, 5.41) is 10.7. The number of carbonyl (C=O) groups excluding carboxylic acids is 1. The molecule has 0 aliphatic heterocycles. The second kappa shape index (κ2) is 9.97. The average Bonchev–Trinajstić information content (AvgIpc) is 3.15. The Morgan fingerprint density at radius 2 is 1.85 bits per heavy atom. The van der Waals surface area contributed by atoms with E-state index in [0.29, 0.717) is 11.6 Å². The number of aryl methyl sites for hydroxylation is 2. The van der Waals surface area contributed by atoms with Crippen molar-refractivity contribution in [2.45, 2.75) is 51.6 Å². The van der Waals surface area contributed by atoms with Crippen molar-refractivity contribution in [2.75, 3.05) is 24.3 Å². The van der Waals surface area contributed by atoms with Gasteiger partial charge in [-0.3, -0.25) is 4.79 Å². The van der Waals surface area contributed by atoms with Crippen LogP contribution in [0.2, 0.25) is 5.02 Å². The quantitative estimate of drug-likeness (QED) is 0.518. The van der Waals surface area contributed by atoms with Crippen LogP contribution in [-0.4, -0.2) is 47.2 Å². The molecule has 1 aliphatic carbocycles. The fourth-order valence-corrected chi connectivity index (χ4v) is 4.49. The van der Waals surface area contributed by atoms with Gasteiger partial charge in [0.15, 0.2) is 0 Å². The normalized spacial score (nSPS) is 17.9. The number of hydrogen-bond acceptors (Lipinski definition) is 7. The van der Waals surface area contributed by atoms with Gasteiger partial charge in [0, 0.05) is 32.2 Å². The van der Waals surface area contributed by atoms with E-state index in [9.17, 15) is 9.18 Å². The van der Waals surface area contributed by atoms with E-state index in [1.807, 2.05) is 32.0 Å². The highest BCUT2D eigenvalue weighted by Gasteiger charge is 2.28. The Hall–Kier alpha value is -3.20. The highest BCUT2D eigenvalue weighted by Crippen LogP contribution is 2.33. The summed E-state index contributed by atoms with van der Waals surface area (Å²) in [6, 6.07) is 6.52. The van der Waals surface area contributed by atoms with Crippen LogP contribution in [0.25, 0.3) is 11.3 Å². The fourth-order valence-electron chi connectivity index (χ4n) is 4.24. The number of nitrogens with zero attached hydrogens (tertiary/aromatic N) is 4. The van der Waals surface area contributed by atoms with E-state index in [1.165, 1.54) is 12.1 Å². The number of rotatable bonds is 6. The molecular weight excluding hydrogens is 459 g/mol. The first-order valence-corrected chi connectivity index (χ1v) is 11.6. The second-order valence-corrected chi connectivity index (χ2v) is 9.19. The van der Waals surface area contributed by atoms with Gasteiger partial charge < -0.3 is 20.1 Å². The molecule has 4 rings (SSSR count). The molecule has 0 unspecified atom stereocenters. The molecule has 1 fully saturated rings. The van der Waals surface area contributed by atoms with Gasteiger partial charge in [0.2, 0.25) is 0 Å². The lowest BCUT2D eigenvalue weighted by Gasteiger charge is -2.30. The van der Waals surface area contributed by atoms with Crippen molar-refractivity contribution in [1.82, 2.24) is 20.4 Å². The lowest BCUT2D eigenvalue weighted by atomic mass is 9.90. The summed E-state index contributed by atoms with van der Waals surface area (Å²) < 4.78 is 19.7. The summed E-state index contributed by atoms with van der Waals surface area (Å²) in [5.41, 5.74) is 0.389. The summed E-state index contributed by atoms with van der Waals surface area (Å²) in [5.74, 6) is 1.79. The van der Waals surface area contributed by atoms with Gasteiger partial charge >= 0.3 is 0 Å². The second-order valence-electron chi connectivity index (χ2n) is 8.78. The van der Waals surface area contributed by atoms with Crippen LogP contribution in [0.4, 0.5) is 16.0 Å². The van der Waals surface area contributed by atoms with E-state index in [4.69, 9.17) is 16.1 Å².